The highest BCUT2D eigenvalue weighted by atomic mass is 32.1. The predicted octanol–water partition coefficient (Wildman–Crippen LogP) is 5.97. The lowest BCUT2D eigenvalue weighted by Crippen LogP contribution is -2.53. The van der Waals surface area contributed by atoms with Gasteiger partial charge in [0.1, 0.15) is 6.61 Å². The van der Waals surface area contributed by atoms with Crippen molar-refractivity contribution in [2.24, 2.45) is 34.5 Å². The highest BCUT2D eigenvalue weighted by Crippen LogP contribution is 2.68. The first-order chi connectivity index (χ1) is 16.3. The molecule has 2 heterocycles. The number of rotatable bonds is 3. The molecule has 1 unspecified atom stereocenters. The van der Waals surface area contributed by atoms with E-state index >= 15 is 0 Å². The molecule has 0 N–H and O–H groups in total. The Bertz CT molecular complexity index is 963. The van der Waals surface area contributed by atoms with Crippen LogP contribution in [0.1, 0.15) is 70.1 Å². The van der Waals surface area contributed by atoms with E-state index in [2.05, 4.69) is 36.9 Å². The molecule has 4 fully saturated rings. The first kappa shape index (κ1) is 23.0. The first-order valence-corrected chi connectivity index (χ1v) is 14.4. The Morgan fingerprint density at radius 1 is 1.24 bits per heavy atom. The fraction of sp³-hybridized carbons (Fsp3) is 0.786. The van der Waals surface area contributed by atoms with E-state index in [1.54, 1.807) is 17.3 Å². The van der Waals surface area contributed by atoms with E-state index in [4.69, 9.17) is 4.74 Å². The lowest BCUT2D eigenvalue weighted by atomic mass is 9.47. The summed E-state index contributed by atoms with van der Waals surface area (Å²) in [6.45, 7) is 6.70. The van der Waals surface area contributed by atoms with Crippen LogP contribution in [0, 0.1) is 34.5 Å². The summed E-state index contributed by atoms with van der Waals surface area (Å²) in [5.74, 6) is 3.53. The van der Waals surface area contributed by atoms with Crippen molar-refractivity contribution < 1.29 is 9.53 Å². The normalized spacial score (nSPS) is 43.4. The van der Waals surface area contributed by atoms with Crippen LogP contribution in [0.15, 0.2) is 23.4 Å². The van der Waals surface area contributed by atoms with Crippen molar-refractivity contribution in [3.05, 3.63) is 28.2 Å². The van der Waals surface area contributed by atoms with Crippen molar-refractivity contribution in [2.75, 3.05) is 20.6 Å². The van der Waals surface area contributed by atoms with E-state index in [-0.39, 0.29) is 12.1 Å². The van der Waals surface area contributed by atoms with Gasteiger partial charge in [-0.15, -0.1) is 11.3 Å². The third kappa shape index (κ3) is 3.34. The third-order valence-electron chi connectivity index (χ3n) is 11.3. The smallest absolute Gasteiger partial charge is 0.410 e. The average Bonchev–Trinajstić information content (AvgIpc) is 3.53. The van der Waals surface area contributed by atoms with Crippen molar-refractivity contribution in [1.29, 1.82) is 0 Å². The number of thiazole rings is 1. The van der Waals surface area contributed by atoms with Gasteiger partial charge in [0.15, 0.2) is 0 Å². The summed E-state index contributed by atoms with van der Waals surface area (Å²) < 4.78 is 5.59. The molecule has 6 heteroatoms. The van der Waals surface area contributed by atoms with Gasteiger partial charge in [-0.2, -0.15) is 0 Å². The van der Waals surface area contributed by atoms with Crippen LogP contribution in [0.25, 0.3) is 0 Å². The molecule has 4 aliphatic carbocycles. The average molecular weight is 484 g/mol. The SMILES string of the molecule is C[C@H]1[C@H]2CC[C@H]3[C@@H]4CC=C5C[C@@H](N(C)C(=O)OCc6cncs6)CC[C@]5(C)[C@H]4CCC23CN1C. The summed E-state index contributed by atoms with van der Waals surface area (Å²) in [5.41, 5.74) is 4.33. The topological polar surface area (TPSA) is 45.7 Å². The highest BCUT2D eigenvalue weighted by molar-refractivity contribution is 7.09. The van der Waals surface area contributed by atoms with Crippen LogP contribution >= 0.6 is 11.3 Å². The van der Waals surface area contributed by atoms with Crippen molar-refractivity contribution in [1.82, 2.24) is 14.8 Å². The van der Waals surface area contributed by atoms with Crippen LogP contribution in [0.2, 0.25) is 0 Å². The molecule has 1 spiro atoms. The zero-order chi connectivity index (χ0) is 23.7. The number of allylic oxidation sites excluding steroid dienone is 1. The minimum Gasteiger partial charge on any atom is -0.444 e. The molecule has 186 valence electrons. The van der Waals surface area contributed by atoms with Gasteiger partial charge in [0, 0.05) is 31.9 Å². The number of amides is 1. The monoisotopic (exact) mass is 483 g/mol. The molecular formula is C28H41N3O2S. The Morgan fingerprint density at radius 3 is 2.85 bits per heavy atom. The Balaban J connectivity index is 1.16. The zero-order valence-corrected chi connectivity index (χ0v) is 22.2. The van der Waals surface area contributed by atoms with Crippen molar-refractivity contribution in [3.8, 4) is 0 Å². The van der Waals surface area contributed by atoms with Crippen LogP contribution in [0.4, 0.5) is 4.79 Å². The summed E-state index contributed by atoms with van der Waals surface area (Å²) in [4.78, 5) is 22.3. The molecule has 1 saturated heterocycles. The van der Waals surface area contributed by atoms with E-state index in [1.165, 1.54) is 56.4 Å². The Labute approximate surface area is 208 Å². The number of hydrogen-bond donors (Lipinski definition) is 0. The maximum Gasteiger partial charge on any atom is 0.410 e. The minimum absolute atomic E-state index is 0.202. The fourth-order valence-electron chi connectivity index (χ4n) is 9.47. The highest BCUT2D eigenvalue weighted by Gasteiger charge is 2.64. The zero-order valence-electron chi connectivity index (χ0n) is 21.3. The number of carbonyl (C=O) groups excluding carboxylic acids is 1. The van der Waals surface area contributed by atoms with Crippen molar-refractivity contribution in [3.63, 3.8) is 0 Å². The van der Waals surface area contributed by atoms with Gasteiger partial charge >= 0.3 is 6.09 Å². The molecule has 0 aromatic carbocycles. The maximum atomic E-state index is 12.8. The van der Waals surface area contributed by atoms with Gasteiger partial charge in [0.05, 0.1) is 10.4 Å². The molecule has 3 saturated carbocycles. The Kier molecular flexibility index (Phi) is 5.64. The summed E-state index contributed by atoms with van der Waals surface area (Å²) in [6, 6.07) is 1.01. The fourth-order valence-corrected chi connectivity index (χ4v) is 9.98. The van der Waals surface area contributed by atoms with Crippen LogP contribution in [0.3, 0.4) is 0 Å². The lowest BCUT2D eigenvalue weighted by molar-refractivity contribution is -0.0435. The van der Waals surface area contributed by atoms with Crippen LogP contribution in [-0.4, -0.2) is 53.6 Å². The number of aromatic nitrogens is 1. The molecule has 5 nitrogen and oxygen atoms in total. The molecule has 1 aromatic heterocycles. The van der Waals surface area contributed by atoms with E-state index in [1.807, 2.05) is 11.9 Å². The molecule has 0 radical (unpaired) electrons. The maximum absolute atomic E-state index is 12.8. The van der Waals surface area contributed by atoms with Gasteiger partial charge in [-0.1, -0.05) is 18.6 Å². The third-order valence-corrected chi connectivity index (χ3v) is 12.1. The van der Waals surface area contributed by atoms with Gasteiger partial charge < -0.3 is 14.5 Å². The Hall–Kier alpha value is -1.40. The number of likely N-dealkylation sites (tertiary alicyclic amines) is 1. The summed E-state index contributed by atoms with van der Waals surface area (Å²) in [6.07, 6.45) is 14.5. The summed E-state index contributed by atoms with van der Waals surface area (Å²) >= 11 is 1.53. The van der Waals surface area contributed by atoms with Crippen LogP contribution in [-0.2, 0) is 11.3 Å². The lowest BCUT2D eigenvalue weighted by Gasteiger charge is -2.58. The molecule has 1 aromatic rings. The van der Waals surface area contributed by atoms with E-state index in [9.17, 15) is 4.79 Å². The van der Waals surface area contributed by atoms with E-state index < -0.39 is 0 Å². The van der Waals surface area contributed by atoms with Gasteiger partial charge in [-0.25, -0.2) is 4.79 Å². The van der Waals surface area contributed by atoms with E-state index in [0.717, 1.165) is 47.4 Å². The second-order valence-corrected chi connectivity index (χ2v) is 13.4. The molecule has 8 atom stereocenters. The molecule has 5 aliphatic rings. The largest absolute Gasteiger partial charge is 0.444 e. The Morgan fingerprint density at radius 2 is 2.06 bits per heavy atom. The van der Waals surface area contributed by atoms with Crippen LogP contribution < -0.4 is 0 Å². The number of fused-ring (bicyclic) bond motifs is 4. The number of ether oxygens (including phenoxy) is 1. The number of hydrogen-bond acceptors (Lipinski definition) is 5. The van der Waals surface area contributed by atoms with Crippen LogP contribution in [0.5, 0.6) is 0 Å². The second-order valence-electron chi connectivity index (χ2n) is 12.4. The molecule has 1 amide bonds. The van der Waals surface area contributed by atoms with Crippen molar-refractivity contribution >= 4 is 17.4 Å². The molecule has 0 bridgehead atoms. The summed E-state index contributed by atoms with van der Waals surface area (Å²) in [7, 11) is 4.29. The quantitative estimate of drug-likeness (QED) is 0.497. The summed E-state index contributed by atoms with van der Waals surface area (Å²) in [5, 5.41) is 0. The molecule has 6 rings (SSSR count). The number of carbonyl (C=O) groups is 1. The standard InChI is InChI=1S/C28H41N3O2S/c1-18-23-7-8-25-22-6-5-19-13-20(31(4)26(32)33-15-21-14-29-17-34-21)9-11-27(19,2)24(22)10-12-28(23,25)16-30(18)3/h5,14,17-18,20,22-25H,6-13,15-16H2,1-4H3/t18-,20-,22+,23+,24-,25-,27-,28?/m0/s1. The predicted molar refractivity (Wildman–Crippen MR) is 135 cm³/mol. The minimum atomic E-state index is -0.202. The second kappa shape index (κ2) is 8.33. The van der Waals surface area contributed by atoms with Crippen molar-refractivity contribution in [2.45, 2.75) is 83.9 Å². The molecular weight excluding hydrogens is 442 g/mol. The molecule has 1 aliphatic heterocycles. The number of nitrogens with zero attached hydrogens (tertiary/aromatic N) is 3. The van der Waals surface area contributed by atoms with Gasteiger partial charge in [-0.3, -0.25) is 4.98 Å². The van der Waals surface area contributed by atoms with Gasteiger partial charge in [0.2, 0.25) is 0 Å². The van der Waals surface area contributed by atoms with E-state index in [0.29, 0.717) is 17.4 Å². The first-order valence-electron chi connectivity index (χ1n) is 13.5. The van der Waals surface area contributed by atoms with Gasteiger partial charge in [-0.05, 0) is 99.8 Å². The molecule has 34 heavy (non-hydrogen) atoms. The van der Waals surface area contributed by atoms with Gasteiger partial charge in [0.25, 0.3) is 0 Å².